The third-order valence-electron chi connectivity index (χ3n) is 8.18. The van der Waals surface area contributed by atoms with Gasteiger partial charge in [0.15, 0.2) is 17.6 Å². The number of furan rings is 1. The first-order valence-electron chi connectivity index (χ1n) is 11.6. The van der Waals surface area contributed by atoms with Crippen molar-refractivity contribution in [3.05, 3.63) is 23.7 Å². The van der Waals surface area contributed by atoms with E-state index in [0.717, 1.165) is 0 Å². The summed E-state index contributed by atoms with van der Waals surface area (Å²) >= 11 is 0. The van der Waals surface area contributed by atoms with E-state index in [1.54, 1.807) is 13.0 Å². The molecule has 0 aromatic carbocycles. The Kier molecular flexibility index (Phi) is 6.09. The summed E-state index contributed by atoms with van der Waals surface area (Å²) in [7, 11) is 1.31. The molecule has 8 heteroatoms. The van der Waals surface area contributed by atoms with Gasteiger partial charge in [0, 0.05) is 24.8 Å². The Morgan fingerprint density at radius 2 is 1.94 bits per heavy atom. The predicted molar refractivity (Wildman–Crippen MR) is 118 cm³/mol. The second kappa shape index (κ2) is 8.61. The van der Waals surface area contributed by atoms with Gasteiger partial charge >= 0.3 is 17.9 Å². The second-order valence-electron chi connectivity index (χ2n) is 10.1. The summed E-state index contributed by atoms with van der Waals surface area (Å²) in [5.74, 6) is 2.57. The molecule has 1 saturated heterocycles. The molecule has 0 N–H and O–H groups in total. The van der Waals surface area contributed by atoms with Gasteiger partial charge in [-0.15, -0.1) is 0 Å². The van der Waals surface area contributed by atoms with Crippen LogP contribution in [-0.4, -0.2) is 36.9 Å². The van der Waals surface area contributed by atoms with Crippen molar-refractivity contribution in [3.63, 3.8) is 0 Å². The number of fused-ring (bicyclic) bond motifs is 3. The van der Waals surface area contributed by atoms with Crippen molar-refractivity contribution in [1.29, 1.82) is 0 Å². The van der Waals surface area contributed by atoms with Crippen LogP contribution >= 0.6 is 0 Å². The number of hydrogen-bond donors (Lipinski definition) is 0. The largest absolute Gasteiger partial charge is 0.469 e. The molecule has 0 amide bonds. The highest BCUT2D eigenvalue weighted by Crippen LogP contribution is 2.65. The Morgan fingerprint density at radius 1 is 1.21 bits per heavy atom. The summed E-state index contributed by atoms with van der Waals surface area (Å²) in [6, 6.07) is 1.73. The molecule has 2 heterocycles. The van der Waals surface area contributed by atoms with E-state index in [1.165, 1.54) is 20.3 Å². The first-order chi connectivity index (χ1) is 16.1. The van der Waals surface area contributed by atoms with Crippen LogP contribution in [0.5, 0.6) is 0 Å². The lowest BCUT2D eigenvalue weighted by Gasteiger charge is -2.61. The zero-order valence-corrected chi connectivity index (χ0v) is 20.1. The number of carbonyl (C=O) groups is 4. The lowest BCUT2D eigenvalue weighted by molar-refractivity contribution is -0.210. The molecule has 7 atom stereocenters. The van der Waals surface area contributed by atoms with Gasteiger partial charge in [-0.1, -0.05) is 19.8 Å². The highest BCUT2D eigenvalue weighted by atomic mass is 16.6. The third-order valence-corrected chi connectivity index (χ3v) is 8.18. The number of methoxy groups -OCH3 is 1. The van der Waals surface area contributed by atoms with Gasteiger partial charge in [0.2, 0.25) is 0 Å². The average molecular weight is 471 g/mol. The Bertz CT molecular complexity index is 1090. The number of hydrogen-bond acceptors (Lipinski definition) is 8. The first kappa shape index (κ1) is 24.1. The molecule has 0 radical (unpaired) electrons. The zero-order chi connectivity index (χ0) is 24.8. The van der Waals surface area contributed by atoms with E-state index >= 15 is 0 Å². The fourth-order valence-electron chi connectivity index (χ4n) is 6.78. The maximum atomic E-state index is 13.9. The molecular weight excluding hydrogens is 440 g/mol. The van der Waals surface area contributed by atoms with E-state index in [0.29, 0.717) is 30.6 Å². The van der Waals surface area contributed by atoms with E-state index in [1.807, 2.05) is 13.8 Å². The number of esters is 3. The summed E-state index contributed by atoms with van der Waals surface area (Å²) in [4.78, 5) is 51.8. The van der Waals surface area contributed by atoms with Crippen molar-refractivity contribution in [2.75, 3.05) is 7.11 Å². The van der Waals surface area contributed by atoms with Crippen molar-refractivity contribution in [1.82, 2.24) is 0 Å². The van der Waals surface area contributed by atoms with Crippen LogP contribution < -0.4 is 0 Å². The average Bonchev–Trinajstić information content (AvgIpc) is 3.22. The summed E-state index contributed by atoms with van der Waals surface area (Å²) in [6.45, 7) is 6.76. The first-order valence-corrected chi connectivity index (χ1v) is 11.6. The normalized spacial score (nSPS) is 36.8. The van der Waals surface area contributed by atoms with E-state index in [-0.39, 0.29) is 18.2 Å². The molecule has 4 rings (SSSR count). The number of cyclic esters (lactones) is 1. The molecule has 0 unspecified atom stereocenters. The monoisotopic (exact) mass is 470 g/mol. The van der Waals surface area contributed by atoms with E-state index in [4.69, 9.17) is 18.6 Å². The Balaban J connectivity index is 1.80. The van der Waals surface area contributed by atoms with Gasteiger partial charge in [-0.05, 0) is 49.0 Å². The smallest absolute Gasteiger partial charge is 0.310 e. The highest BCUT2D eigenvalue weighted by Gasteiger charge is 2.67. The summed E-state index contributed by atoms with van der Waals surface area (Å²) in [5.41, 5.74) is -0.931. The van der Waals surface area contributed by atoms with Crippen LogP contribution in [0.25, 0.3) is 0 Å². The molecule has 1 aromatic heterocycles. The fraction of sp³-hybridized carbons (Fsp3) is 0.615. The minimum Gasteiger partial charge on any atom is -0.469 e. The predicted octanol–water partition coefficient (Wildman–Crippen LogP) is 3.37. The highest BCUT2D eigenvalue weighted by molar-refractivity contribution is 5.93. The van der Waals surface area contributed by atoms with Crippen molar-refractivity contribution in [2.45, 2.75) is 65.6 Å². The SMILES string of the molecule is CC#Cc1occc1[C@@H]1C[C@]2(C)[C@H]3C(=O)[C@@H](OC(C)=O)C[C@@H](C(=O)OC)[C@]3(C)CC[C@H]2C(=O)O1. The van der Waals surface area contributed by atoms with Gasteiger partial charge in [0.05, 0.1) is 25.2 Å². The summed E-state index contributed by atoms with van der Waals surface area (Å²) in [6.07, 6.45) is 1.18. The Labute approximate surface area is 198 Å². The molecule has 1 aliphatic heterocycles. The molecule has 0 spiro atoms. The number of Topliss-reactive ketones (excluding diaryl/α,β-unsaturated/α-hetero) is 1. The lowest BCUT2D eigenvalue weighted by atomic mass is 9.43. The van der Waals surface area contributed by atoms with Gasteiger partial charge in [0.25, 0.3) is 0 Å². The van der Waals surface area contributed by atoms with Gasteiger partial charge in [-0.25, -0.2) is 0 Å². The molecule has 0 bridgehead atoms. The number of ether oxygens (including phenoxy) is 3. The van der Waals surface area contributed by atoms with Crippen LogP contribution in [0, 0.1) is 40.4 Å². The quantitative estimate of drug-likeness (QED) is 0.376. The number of ketones is 1. The summed E-state index contributed by atoms with van der Waals surface area (Å²) in [5, 5.41) is 0. The zero-order valence-electron chi connectivity index (χ0n) is 20.1. The molecule has 182 valence electrons. The van der Waals surface area contributed by atoms with Crippen LogP contribution in [-0.2, 0) is 33.4 Å². The van der Waals surface area contributed by atoms with Gasteiger partial charge in [-0.2, -0.15) is 0 Å². The van der Waals surface area contributed by atoms with Crippen molar-refractivity contribution >= 4 is 23.7 Å². The second-order valence-corrected chi connectivity index (χ2v) is 10.1. The topological polar surface area (TPSA) is 109 Å². The Hall–Kier alpha value is -3.08. The van der Waals surface area contributed by atoms with Gasteiger partial charge in [0.1, 0.15) is 6.10 Å². The van der Waals surface area contributed by atoms with Crippen molar-refractivity contribution < 1.29 is 37.8 Å². The molecule has 1 aromatic rings. The van der Waals surface area contributed by atoms with Crippen LogP contribution in [0.4, 0.5) is 0 Å². The van der Waals surface area contributed by atoms with Crippen LogP contribution in [0.15, 0.2) is 16.7 Å². The molecule has 2 aliphatic carbocycles. The van der Waals surface area contributed by atoms with Crippen molar-refractivity contribution in [2.24, 2.45) is 28.6 Å². The molecule has 2 saturated carbocycles. The fourth-order valence-corrected chi connectivity index (χ4v) is 6.78. The van der Waals surface area contributed by atoms with E-state index in [9.17, 15) is 19.2 Å². The molecule has 3 aliphatic rings. The maximum Gasteiger partial charge on any atom is 0.310 e. The lowest BCUT2D eigenvalue weighted by Crippen LogP contribution is -2.64. The minimum absolute atomic E-state index is 0.0741. The maximum absolute atomic E-state index is 13.9. The van der Waals surface area contributed by atoms with Gasteiger partial charge in [-0.3, -0.25) is 19.2 Å². The molecule has 34 heavy (non-hydrogen) atoms. The number of carbonyl (C=O) groups excluding carboxylic acids is 4. The summed E-state index contributed by atoms with van der Waals surface area (Å²) < 4.78 is 21.8. The van der Waals surface area contributed by atoms with E-state index < -0.39 is 52.7 Å². The van der Waals surface area contributed by atoms with Crippen molar-refractivity contribution in [3.8, 4) is 11.8 Å². The van der Waals surface area contributed by atoms with Crippen LogP contribution in [0.3, 0.4) is 0 Å². The third kappa shape index (κ3) is 3.62. The van der Waals surface area contributed by atoms with Crippen LogP contribution in [0.1, 0.15) is 70.8 Å². The van der Waals surface area contributed by atoms with E-state index in [2.05, 4.69) is 11.8 Å². The minimum atomic E-state index is -1.07. The standard InChI is InChI=1S/C26H30O8/c1-6-7-18-15(9-11-32-18)20-13-26(4)16(24(30)34-20)8-10-25(3)17(23(29)31-5)12-19(33-14(2)27)21(28)22(25)26/h9,11,16-17,19-20,22H,8,10,12-13H2,1-5H3/t16-,17-,19-,20-,22-,25-,26-/m0/s1. The molecule has 3 fully saturated rings. The van der Waals surface area contributed by atoms with Gasteiger partial charge < -0.3 is 18.6 Å². The number of rotatable bonds is 3. The Morgan fingerprint density at radius 3 is 2.59 bits per heavy atom. The molecule has 8 nitrogen and oxygen atoms in total. The molecular formula is C26H30O8. The van der Waals surface area contributed by atoms with Crippen LogP contribution in [0.2, 0.25) is 0 Å².